The van der Waals surface area contributed by atoms with Crippen LogP contribution in [0.25, 0.3) is 22.2 Å². The fourth-order valence-electron chi connectivity index (χ4n) is 4.01. The van der Waals surface area contributed by atoms with E-state index in [1.807, 2.05) is 0 Å². The third-order valence-electron chi connectivity index (χ3n) is 5.94. The van der Waals surface area contributed by atoms with Crippen molar-refractivity contribution in [3.05, 3.63) is 65.1 Å². The van der Waals surface area contributed by atoms with Crippen LogP contribution in [0, 0.1) is 5.82 Å². The van der Waals surface area contributed by atoms with Crippen molar-refractivity contribution in [1.29, 1.82) is 0 Å². The summed E-state index contributed by atoms with van der Waals surface area (Å²) in [6.07, 6.45) is -3.08. The van der Waals surface area contributed by atoms with Gasteiger partial charge in [0.2, 0.25) is 0 Å². The summed E-state index contributed by atoms with van der Waals surface area (Å²) in [7, 11) is 1.36. The Morgan fingerprint density at radius 1 is 1.22 bits per heavy atom. The van der Waals surface area contributed by atoms with Gasteiger partial charge in [0.1, 0.15) is 34.7 Å². The zero-order valence-electron chi connectivity index (χ0n) is 19.6. The third kappa shape index (κ3) is 4.67. The summed E-state index contributed by atoms with van der Waals surface area (Å²) in [6, 6.07) is 6.23. The lowest BCUT2D eigenvalue weighted by Gasteiger charge is -2.17. The number of nitrogen functional groups attached to an aromatic ring is 1. The van der Waals surface area contributed by atoms with Crippen molar-refractivity contribution in [3.8, 4) is 17.0 Å². The monoisotopic (exact) mass is 518 g/mol. The molecular weight excluding hydrogens is 496 g/mol. The number of alkyl halides is 3. The number of primary amides is 1. The van der Waals surface area contributed by atoms with Crippen molar-refractivity contribution in [2.45, 2.75) is 25.7 Å². The van der Waals surface area contributed by atoms with Gasteiger partial charge < -0.3 is 26.5 Å². The number of rotatable bonds is 7. The number of fused-ring (bicyclic) bond motifs is 1. The second-order valence-corrected chi connectivity index (χ2v) is 8.20. The molecule has 2 amide bonds. The van der Waals surface area contributed by atoms with E-state index in [9.17, 15) is 27.2 Å². The Labute approximate surface area is 207 Å². The van der Waals surface area contributed by atoms with E-state index in [0.29, 0.717) is 26.7 Å². The SMILES string of the molecule is COc1ccc(F)cc1C(=O)NCc1ccc(-c2nn([C@H](C)C(F)(F)F)c(N)c2C(N)=O)c2cc[nH]c12. The summed E-state index contributed by atoms with van der Waals surface area (Å²) < 4.78 is 59.4. The average molecular weight is 518 g/mol. The molecule has 4 rings (SSSR count). The number of ether oxygens (including phenoxy) is 1. The Hall–Kier alpha value is -4.55. The number of carbonyl (C=O) groups excluding carboxylic acids is 2. The minimum absolute atomic E-state index is 0.00718. The Kier molecular flexibility index (Phi) is 6.55. The number of nitrogens with zero attached hydrogens (tertiary/aromatic N) is 2. The number of aromatic amines is 1. The number of nitrogens with two attached hydrogens (primary N) is 2. The van der Waals surface area contributed by atoms with Crippen LogP contribution in [0.3, 0.4) is 0 Å². The van der Waals surface area contributed by atoms with Gasteiger partial charge in [-0.2, -0.15) is 18.3 Å². The highest BCUT2D eigenvalue weighted by molar-refractivity contribution is 6.07. The van der Waals surface area contributed by atoms with Gasteiger partial charge in [-0.15, -0.1) is 0 Å². The molecule has 0 saturated carbocycles. The van der Waals surface area contributed by atoms with Crippen LogP contribution in [0.1, 0.15) is 39.2 Å². The number of halogens is 4. The highest BCUT2D eigenvalue weighted by Crippen LogP contribution is 2.38. The van der Waals surface area contributed by atoms with Gasteiger partial charge >= 0.3 is 6.18 Å². The zero-order chi connectivity index (χ0) is 27.1. The predicted molar refractivity (Wildman–Crippen MR) is 127 cm³/mol. The summed E-state index contributed by atoms with van der Waals surface area (Å²) >= 11 is 0. The van der Waals surface area contributed by atoms with E-state index < -0.39 is 35.7 Å². The molecule has 0 saturated heterocycles. The van der Waals surface area contributed by atoms with E-state index in [1.165, 1.54) is 25.3 Å². The van der Waals surface area contributed by atoms with Crippen molar-refractivity contribution < 1.29 is 31.9 Å². The number of anilines is 1. The second-order valence-electron chi connectivity index (χ2n) is 8.20. The number of hydrogen-bond acceptors (Lipinski definition) is 5. The van der Waals surface area contributed by atoms with E-state index in [-0.39, 0.29) is 29.1 Å². The molecule has 6 N–H and O–H groups in total. The highest BCUT2D eigenvalue weighted by Gasteiger charge is 2.40. The average Bonchev–Trinajstić information content (AvgIpc) is 3.46. The Balaban J connectivity index is 1.72. The fourth-order valence-corrected chi connectivity index (χ4v) is 4.01. The largest absolute Gasteiger partial charge is 0.496 e. The topological polar surface area (TPSA) is 141 Å². The van der Waals surface area contributed by atoms with E-state index in [1.54, 1.807) is 18.3 Å². The lowest BCUT2D eigenvalue weighted by molar-refractivity contribution is -0.164. The molecule has 9 nitrogen and oxygen atoms in total. The lowest BCUT2D eigenvalue weighted by atomic mass is 10.00. The number of hydrogen-bond donors (Lipinski definition) is 4. The molecule has 2 aromatic carbocycles. The van der Waals surface area contributed by atoms with Crippen LogP contribution >= 0.6 is 0 Å². The summed E-state index contributed by atoms with van der Waals surface area (Å²) in [5, 5.41) is 7.20. The summed E-state index contributed by atoms with van der Waals surface area (Å²) in [5.74, 6) is -2.53. The molecule has 0 unspecified atom stereocenters. The maximum atomic E-state index is 13.7. The number of H-pyrrole nitrogens is 1. The first kappa shape index (κ1) is 25.5. The predicted octanol–water partition coefficient (Wildman–Crippen LogP) is 3.91. The number of benzene rings is 2. The molecule has 0 bridgehead atoms. The van der Waals surface area contributed by atoms with E-state index in [4.69, 9.17) is 16.2 Å². The fraction of sp³-hybridized carbons (Fsp3) is 0.208. The van der Waals surface area contributed by atoms with Crippen molar-refractivity contribution in [2.75, 3.05) is 12.8 Å². The first-order valence-electron chi connectivity index (χ1n) is 10.9. The zero-order valence-corrected chi connectivity index (χ0v) is 19.6. The van der Waals surface area contributed by atoms with Crippen molar-refractivity contribution in [1.82, 2.24) is 20.1 Å². The van der Waals surface area contributed by atoms with E-state index in [2.05, 4.69) is 15.4 Å². The number of methoxy groups -OCH3 is 1. The number of amides is 2. The van der Waals surface area contributed by atoms with Gasteiger partial charge in [0.25, 0.3) is 11.8 Å². The summed E-state index contributed by atoms with van der Waals surface area (Å²) in [6.45, 7) is 0.878. The number of nitrogens with one attached hydrogen (secondary N) is 2. The summed E-state index contributed by atoms with van der Waals surface area (Å²) in [5.41, 5.74) is 12.3. The second kappa shape index (κ2) is 9.48. The van der Waals surface area contributed by atoms with Crippen molar-refractivity contribution >= 4 is 28.5 Å². The maximum absolute atomic E-state index is 13.7. The van der Waals surface area contributed by atoms with Crippen LogP contribution in [0.15, 0.2) is 42.6 Å². The molecule has 13 heteroatoms. The Morgan fingerprint density at radius 2 is 1.95 bits per heavy atom. The lowest BCUT2D eigenvalue weighted by Crippen LogP contribution is -2.26. The van der Waals surface area contributed by atoms with Gasteiger partial charge in [0, 0.05) is 23.7 Å². The van der Waals surface area contributed by atoms with Gasteiger partial charge in [-0.3, -0.25) is 9.59 Å². The molecule has 0 spiro atoms. The molecule has 2 heterocycles. The van der Waals surface area contributed by atoms with Gasteiger partial charge in [0.05, 0.1) is 18.2 Å². The normalized spacial score (nSPS) is 12.5. The molecule has 0 aliphatic carbocycles. The first-order chi connectivity index (χ1) is 17.4. The van der Waals surface area contributed by atoms with Crippen molar-refractivity contribution in [3.63, 3.8) is 0 Å². The van der Waals surface area contributed by atoms with Crippen LogP contribution < -0.4 is 21.5 Å². The van der Waals surface area contributed by atoms with E-state index in [0.717, 1.165) is 13.0 Å². The molecule has 0 aliphatic rings. The third-order valence-corrected chi connectivity index (χ3v) is 5.94. The van der Waals surface area contributed by atoms with Gasteiger partial charge in [-0.25, -0.2) is 9.07 Å². The van der Waals surface area contributed by atoms with Crippen LogP contribution in [-0.4, -0.2) is 39.9 Å². The smallest absolute Gasteiger partial charge is 0.410 e. The molecule has 4 aromatic rings. The van der Waals surface area contributed by atoms with Crippen molar-refractivity contribution in [2.24, 2.45) is 5.73 Å². The molecule has 194 valence electrons. The highest BCUT2D eigenvalue weighted by atomic mass is 19.4. The maximum Gasteiger partial charge on any atom is 0.410 e. The van der Waals surface area contributed by atoms with Gasteiger partial charge in [0.15, 0.2) is 0 Å². The minimum atomic E-state index is -4.66. The quantitative estimate of drug-likeness (QED) is 0.275. The number of carbonyl (C=O) groups is 2. The van der Waals surface area contributed by atoms with Crippen LogP contribution in [0.4, 0.5) is 23.4 Å². The molecule has 0 aliphatic heterocycles. The van der Waals surface area contributed by atoms with E-state index >= 15 is 0 Å². The molecule has 1 atom stereocenters. The molecule has 2 aromatic heterocycles. The minimum Gasteiger partial charge on any atom is -0.496 e. The van der Waals surface area contributed by atoms with Gasteiger partial charge in [-0.1, -0.05) is 12.1 Å². The summed E-state index contributed by atoms with van der Waals surface area (Å²) in [4.78, 5) is 27.8. The first-order valence-corrected chi connectivity index (χ1v) is 10.9. The Bertz CT molecular complexity index is 1510. The molecule has 37 heavy (non-hydrogen) atoms. The standard InChI is InChI=1S/C24H22F4N6O3/c1-11(24(26,27)28)34-21(29)18(22(30)35)20(33-34)14-5-3-12(19-15(14)7-8-31-19)10-32-23(36)16-9-13(25)4-6-17(16)37-2/h3-9,11,31H,10,29H2,1-2H3,(H2,30,35)(H,32,36)/t11-/m1/s1. The van der Waals surface area contributed by atoms with Crippen LogP contribution in [0.5, 0.6) is 5.75 Å². The number of aromatic nitrogens is 3. The van der Waals surface area contributed by atoms with Gasteiger partial charge in [-0.05, 0) is 36.8 Å². The molecule has 0 fully saturated rings. The Morgan fingerprint density at radius 3 is 2.59 bits per heavy atom. The molecule has 0 radical (unpaired) electrons. The van der Waals surface area contributed by atoms with Crippen LogP contribution in [-0.2, 0) is 6.54 Å². The van der Waals surface area contributed by atoms with Crippen LogP contribution in [0.2, 0.25) is 0 Å². The molecular formula is C24H22F4N6O3.